The van der Waals surface area contributed by atoms with Crippen molar-refractivity contribution >= 4 is 38.9 Å². The lowest BCUT2D eigenvalue weighted by molar-refractivity contribution is 0.643. The zero-order valence-electron chi connectivity index (χ0n) is 33.2. The Balaban J connectivity index is 1.00. The van der Waals surface area contributed by atoms with Gasteiger partial charge in [0, 0.05) is 27.8 Å². The highest BCUT2D eigenvalue weighted by atomic mass is 15.5. The fourth-order valence-electron chi connectivity index (χ4n) is 8.83. The van der Waals surface area contributed by atoms with Crippen LogP contribution in [-0.2, 0) is 0 Å². The Morgan fingerprint density at radius 1 is 0.525 bits per heavy atom. The number of nitrogens with zero attached hydrogens (tertiary/aromatic N) is 4. The van der Waals surface area contributed by atoms with Crippen LogP contribution in [0.15, 0.2) is 218 Å². The van der Waals surface area contributed by atoms with E-state index >= 15 is 0 Å². The molecule has 61 heavy (non-hydrogen) atoms. The summed E-state index contributed by atoms with van der Waals surface area (Å²) in [4.78, 5) is 10.4. The first-order chi connectivity index (χ1) is 30.2. The van der Waals surface area contributed by atoms with Gasteiger partial charge in [0.05, 0.1) is 45.6 Å². The van der Waals surface area contributed by atoms with E-state index in [0.29, 0.717) is 11.7 Å². The largest absolute Gasteiger partial charge is 0.300 e. The quantitative estimate of drug-likeness (QED) is 0.143. The van der Waals surface area contributed by atoms with E-state index in [9.17, 15) is 0 Å². The number of para-hydroxylation sites is 1. The van der Waals surface area contributed by atoms with E-state index in [1.54, 1.807) is 0 Å². The van der Waals surface area contributed by atoms with Crippen molar-refractivity contribution < 1.29 is 0 Å². The summed E-state index contributed by atoms with van der Waals surface area (Å²) in [5.74, 6) is 0.784. The highest BCUT2D eigenvalue weighted by molar-refractivity contribution is 6.11. The molecule has 1 aliphatic carbocycles. The summed E-state index contributed by atoms with van der Waals surface area (Å²) in [7, 11) is 0. The SMILES string of the molecule is N=C(/C=C(\NN1c2ccc(-c3ccc4c(c3)c3ccccc3n4-c3nc(-c4ccccc4)cc(-c4ccccc4)n3)cc2C2C=CC=CC21)c1ccccc1)c1ccccc1. The summed E-state index contributed by atoms with van der Waals surface area (Å²) in [5, 5.41) is 13.6. The molecular weight excluding hydrogens is 745 g/mol. The van der Waals surface area contributed by atoms with Crippen molar-refractivity contribution in [3.63, 3.8) is 0 Å². The molecule has 7 aromatic carbocycles. The number of allylic oxidation sites excluding steroid dienone is 3. The van der Waals surface area contributed by atoms with Gasteiger partial charge in [0.25, 0.3) is 0 Å². The number of nitrogens with one attached hydrogen (secondary N) is 2. The predicted molar refractivity (Wildman–Crippen MR) is 251 cm³/mol. The molecule has 1 aliphatic heterocycles. The topological polar surface area (TPSA) is 69.8 Å². The van der Waals surface area contributed by atoms with Gasteiger partial charge in [-0.25, -0.2) is 9.97 Å². The maximum Gasteiger partial charge on any atom is 0.235 e. The molecule has 2 N–H and O–H groups in total. The molecule has 3 heterocycles. The van der Waals surface area contributed by atoms with Gasteiger partial charge < -0.3 is 5.41 Å². The molecule has 290 valence electrons. The zero-order valence-corrected chi connectivity index (χ0v) is 33.2. The smallest absolute Gasteiger partial charge is 0.235 e. The van der Waals surface area contributed by atoms with Gasteiger partial charge in [0.1, 0.15) is 0 Å². The summed E-state index contributed by atoms with van der Waals surface area (Å²) in [5.41, 5.74) is 17.6. The maximum atomic E-state index is 9.01. The number of hydrogen-bond donors (Lipinski definition) is 2. The Morgan fingerprint density at radius 2 is 1.10 bits per heavy atom. The molecule has 2 aliphatic rings. The molecule has 11 rings (SSSR count). The van der Waals surface area contributed by atoms with Crippen LogP contribution in [0.1, 0.15) is 22.6 Å². The molecule has 2 unspecified atom stereocenters. The number of rotatable bonds is 9. The number of benzene rings is 7. The van der Waals surface area contributed by atoms with Crippen LogP contribution in [0.3, 0.4) is 0 Å². The number of hydrazine groups is 1. The van der Waals surface area contributed by atoms with E-state index < -0.39 is 0 Å². The average Bonchev–Trinajstić information content (AvgIpc) is 3.84. The number of anilines is 1. The maximum absolute atomic E-state index is 9.01. The number of hydrogen-bond acceptors (Lipinski definition) is 5. The molecule has 2 atom stereocenters. The van der Waals surface area contributed by atoms with E-state index in [1.807, 2.05) is 66.7 Å². The van der Waals surface area contributed by atoms with Crippen LogP contribution in [-0.4, -0.2) is 26.3 Å². The van der Waals surface area contributed by atoms with Crippen LogP contribution in [0.2, 0.25) is 0 Å². The van der Waals surface area contributed by atoms with Crippen LogP contribution in [0.25, 0.3) is 67.1 Å². The van der Waals surface area contributed by atoms with Gasteiger partial charge >= 0.3 is 0 Å². The van der Waals surface area contributed by atoms with Gasteiger partial charge in [-0.2, -0.15) is 0 Å². The van der Waals surface area contributed by atoms with Crippen LogP contribution in [0, 0.1) is 5.41 Å². The third-order valence-electron chi connectivity index (χ3n) is 11.8. The summed E-state index contributed by atoms with van der Waals surface area (Å²) < 4.78 is 2.21. The second-order valence-electron chi connectivity index (χ2n) is 15.5. The van der Waals surface area contributed by atoms with Crippen LogP contribution >= 0.6 is 0 Å². The lowest BCUT2D eigenvalue weighted by atomic mass is 9.89. The minimum Gasteiger partial charge on any atom is -0.300 e. The Labute approximate surface area is 354 Å². The van der Waals surface area contributed by atoms with Crippen molar-refractivity contribution in [2.24, 2.45) is 0 Å². The molecule has 6 heteroatoms. The number of fused-ring (bicyclic) bond motifs is 6. The Morgan fingerprint density at radius 3 is 1.80 bits per heavy atom. The number of aromatic nitrogens is 3. The first-order valence-corrected chi connectivity index (χ1v) is 20.7. The standard InChI is InChI=1S/C55H40N6/c56-47(37-17-5-1-6-18-37)35-50(40-23-11-4-12-24-40)59-61-53-28-16-14-26-44(53)46-34-42(30-32-54(46)61)41-29-31-52-45(33-41)43-25-13-15-27-51(43)60(52)55-57-48(38-19-7-2-8-20-38)36-49(58-55)39-21-9-3-10-22-39/h1-36,44,53,56,59H/b50-35-,56-47?. The average molecular weight is 785 g/mol. The predicted octanol–water partition coefficient (Wildman–Crippen LogP) is 12.6. The van der Waals surface area contributed by atoms with Gasteiger partial charge in [-0.3, -0.25) is 15.0 Å². The van der Waals surface area contributed by atoms with Crippen LogP contribution < -0.4 is 10.4 Å². The summed E-state index contributed by atoms with van der Waals surface area (Å²) >= 11 is 0. The van der Waals surface area contributed by atoms with Gasteiger partial charge in [-0.1, -0.05) is 176 Å². The minimum atomic E-state index is 0.0566. The Kier molecular flexibility index (Phi) is 9.01. The third kappa shape index (κ3) is 6.61. The summed E-state index contributed by atoms with van der Waals surface area (Å²) in [6.45, 7) is 0. The molecular formula is C55H40N6. The normalized spacial score (nSPS) is 15.5. The van der Waals surface area contributed by atoms with Crippen molar-refractivity contribution in [1.29, 1.82) is 5.41 Å². The Hall–Kier alpha value is -8.09. The van der Waals surface area contributed by atoms with Crippen LogP contribution in [0.4, 0.5) is 5.69 Å². The molecule has 0 fully saturated rings. The van der Waals surface area contributed by atoms with E-state index in [-0.39, 0.29) is 12.0 Å². The lowest BCUT2D eigenvalue weighted by Gasteiger charge is -2.31. The third-order valence-corrected chi connectivity index (χ3v) is 11.8. The van der Waals surface area contributed by atoms with E-state index in [1.165, 1.54) is 5.56 Å². The fourth-order valence-corrected chi connectivity index (χ4v) is 8.83. The molecule has 9 aromatic rings. The molecule has 0 saturated carbocycles. The van der Waals surface area contributed by atoms with Crippen molar-refractivity contribution in [3.8, 4) is 39.6 Å². The molecule has 0 amide bonds. The lowest BCUT2D eigenvalue weighted by Crippen LogP contribution is -2.43. The van der Waals surface area contributed by atoms with E-state index in [4.69, 9.17) is 15.4 Å². The van der Waals surface area contributed by atoms with Gasteiger partial charge in [-0.05, 0) is 70.3 Å². The highest BCUT2D eigenvalue weighted by Crippen LogP contribution is 2.45. The second kappa shape index (κ2) is 15.3. The summed E-state index contributed by atoms with van der Waals surface area (Å²) in [6.07, 6.45) is 10.8. The van der Waals surface area contributed by atoms with Gasteiger partial charge in [-0.15, -0.1) is 0 Å². The molecule has 0 bridgehead atoms. The van der Waals surface area contributed by atoms with Gasteiger partial charge in [0.15, 0.2) is 0 Å². The van der Waals surface area contributed by atoms with Crippen LogP contribution in [0.5, 0.6) is 0 Å². The van der Waals surface area contributed by atoms with Gasteiger partial charge in [0.2, 0.25) is 5.95 Å². The van der Waals surface area contributed by atoms with Crippen molar-refractivity contribution in [3.05, 3.63) is 235 Å². The molecule has 6 nitrogen and oxygen atoms in total. The van der Waals surface area contributed by atoms with Crippen molar-refractivity contribution in [2.45, 2.75) is 12.0 Å². The first kappa shape index (κ1) is 36.0. The molecule has 0 radical (unpaired) electrons. The monoisotopic (exact) mass is 784 g/mol. The zero-order chi connectivity index (χ0) is 40.7. The summed E-state index contributed by atoms with van der Waals surface area (Å²) in [6, 6.07) is 65.1. The van der Waals surface area contributed by atoms with E-state index in [0.717, 1.165) is 78.0 Å². The molecule has 0 spiro atoms. The van der Waals surface area contributed by atoms with E-state index in [2.05, 4.69) is 167 Å². The first-order valence-electron chi connectivity index (χ1n) is 20.7. The van der Waals surface area contributed by atoms with Crippen molar-refractivity contribution in [1.82, 2.24) is 20.0 Å². The Bertz CT molecular complexity index is 3130. The molecule has 2 aromatic heterocycles. The highest BCUT2D eigenvalue weighted by Gasteiger charge is 2.37. The second-order valence-corrected chi connectivity index (χ2v) is 15.5. The molecule has 0 saturated heterocycles. The fraction of sp³-hybridized carbons (Fsp3) is 0.0364. The minimum absolute atomic E-state index is 0.0566. The van der Waals surface area contributed by atoms with Crippen molar-refractivity contribution in [2.75, 3.05) is 5.01 Å².